The summed E-state index contributed by atoms with van der Waals surface area (Å²) in [5.41, 5.74) is 1.25. The van der Waals surface area contributed by atoms with Crippen LogP contribution in [-0.4, -0.2) is 37.9 Å². The summed E-state index contributed by atoms with van der Waals surface area (Å²) in [6, 6.07) is 10.5. The lowest BCUT2D eigenvalue weighted by Crippen LogP contribution is -2.41. The maximum Gasteiger partial charge on any atom is 0.152 e. The Labute approximate surface area is 97.0 Å². The van der Waals surface area contributed by atoms with E-state index in [4.69, 9.17) is 0 Å². The summed E-state index contributed by atoms with van der Waals surface area (Å²) in [7, 11) is -2.77. The maximum atomic E-state index is 11.3. The van der Waals surface area contributed by atoms with Gasteiger partial charge in [-0.05, 0) is 12.5 Å². The average Bonchev–Trinajstić information content (AvgIpc) is 2.29. The molecule has 0 aliphatic carbocycles. The standard InChI is InChI=1S/C12H17NO2S/c1-11(12-5-3-2-4-6-12)13-7-9-16(14,15)10-8-13/h2-6,11H,7-10H2,1H3/t11-/m1/s1. The Balaban J connectivity index is 2.05. The predicted octanol–water partition coefficient (Wildman–Crippen LogP) is 1.48. The van der Waals surface area contributed by atoms with Crippen molar-refractivity contribution in [3.63, 3.8) is 0 Å². The van der Waals surface area contributed by atoms with Gasteiger partial charge in [0.15, 0.2) is 9.84 Å². The van der Waals surface area contributed by atoms with Crippen molar-refractivity contribution < 1.29 is 8.42 Å². The van der Waals surface area contributed by atoms with Crippen LogP contribution in [0.5, 0.6) is 0 Å². The highest BCUT2D eigenvalue weighted by Crippen LogP contribution is 2.21. The van der Waals surface area contributed by atoms with Crippen molar-refractivity contribution in [3.05, 3.63) is 35.9 Å². The number of sulfone groups is 1. The first-order valence-corrected chi connectivity index (χ1v) is 7.40. The molecule has 1 fully saturated rings. The van der Waals surface area contributed by atoms with Crippen molar-refractivity contribution in [2.75, 3.05) is 24.6 Å². The van der Waals surface area contributed by atoms with E-state index in [9.17, 15) is 8.42 Å². The van der Waals surface area contributed by atoms with Gasteiger partial charge in [0.25, 0.3) is 0 Å². The van der Waals surface area contributed by atoms with Gasteiger partial charge in [0.1, 0.15) is 0 Å². The first kappa shape index (κ1) is 11.6. The van der Waals surface area contributed by atoms with Gasteiger partial charge in [-0.2, -0.15) is 0 Å². The summed E-state index contributed by atoms with van der Waals surface area (Å²) in [6.45, 7) is 3.43. The van der Waals surface area contributed by atoms with Gasteiger partial charge in [-0.25, -0.2) is 8.42 Å². The second kappa shape index (κ2) is 4.55. The average molecular weight is 239 g/mol. The quantitative estimate of drug-likeness (QED) is 0.784. The van der Waals surface area contributed by atoms with Crippen LogP contribution in [-0.2, 0) is 9.84 Å². The number of nitrogens with zero attached hydrogens (tertiary/aromatic N) is 1. The van der Waals surface area contributed by atoms with E-state index in [1.54, 1.807) is 0 Å². The summed E-state index contributed by atoms with van der Waals surface area (Å²) in [4.78, 5) is 2.23. The van der Waals surface area contributed by atoms with Gasteiger partial charge in [-0.1, -0.05) is 30.3 Å². The van der Waals surface area contributed by atoms with Gasteiger partial charge in [0, 0.05) is 19.1 Å². The first-order valence-electron chi connectivity index (χ1n) is 5.58. The molecule has 88 valence electrons. The van der Waals surface area contributed by atoms with Crippen LogP contribution < -0.4 is 0 Å². The zero-order valence-corrected chi connectivity index (χ0v) is 10.3. The molecule has 0 saturated carbocycles. The molecule has 1 aliphatic heterocycles. The second-order valence-electron chi connectivity index (χ2n) is 4.27. The fourth-order valence-corrected chi connectivity index (χ4v) is 3.29. The third kappa shape index (κ3) is 2.62. The van der Waals surface area contributed by atoms with Gasteiger partial charge in [0.2, 0.25) is 0 Å². The number of hydrogen-bond donors (Lipinski definition) is 0. The molecule has 1 aliphatic rings. The third-order valence-corrected chi connectivity index (χ3v) is 4.82. The lowest BCUT2D eigenvalue weighted by Gasteiger charge is -2.32. The van der Waals surface area contributed by atoms with Crippen LogP contribution in [0.15, 0.2) is 30.3 Å². The van der Waals surface area contributed by atoms with Crippen molar-refractivity contribution in [1.29, 1.82) is 0 Å². The van der Waals surface area contributed by atoms with Gasteiger partial charge in [-0.15, -0.1) is 0 Å². The zero-order chi connectivity index (χ0) is 11.6. The van der Waals surface area contributed by atoms with Gasteiger partial charge in [-0.3, -0.25) is 4.90 Å². The molecule has 1 aromatic carbocycles. The second-order valence-corrected chi connectivity index (χ2v) is 6.58. The largest absolute Gasteiger partial charge is 0.295 e. The summed E-state index contributed by atoms with van der Waals surface area (Å²) < 4.78 is 22.7. The minimum atomic E-state index is -2.77. The molecule has 0 radical (unpaired) electrons. The van der Waals surface area contributed by atoms with E-state index in [-0.39, 0.29) is 0 Å². The van der Waals surface area contributed by atoms with Crippen LogP contribution in [0.3, 0.4) is 0 Å². The van der Waals surface area contributed by atoms with Gasteiger partial charge in [0.05, 0.1) is 11.5 Å². The van der Waals surface area contributed by atoms with Crippen molar-refractivity contribution in [3.8, 4) is 0 Å². The highest BCUT2D eigenvalue weighted by atomic mass is 32.2. The normalized spacial score (nSPS) is 22.8. The first-order chi connectivity index (χ1) is 7.58. The molecule has 16 heavy (non-hydrogen) atoms. The van der Waals surface area contributed by atoms with Crippen LogP contribution in [0, 0.1) is 0 Å². The number of rotatable bonds is 2. The van der Waals surface area contributed by atoms with Crippen molar-refractivity contribution in [1.82, 2.24) is 4.90 Å². The van der Waals surface area contributed by atoms with E-state index < -0.39 is 9.84 Å². The minimum absolute atomic E-state index is 0.296. The molecular weight excluding hydrogens is 222 g/mol. The van der Waals surface area contributed by atoms with Gasteiger partial charge < -0.3 is 0 Å². The molecule has 1 saturated heterocycles. The molecule has 4 heteroatoms. The molecule has 0 spiro atoms. The molecule has 3 nitrogen and oxygen atoms in total. The van der Waals surface area contributed by atoms with E-state index in [0.717, 1.165) is 0 Å². The molecule has 0 amide bonds. The Bertz CT molecular complexity index is 427. The summed E-state index contributed by atoms with van der Waals surface area (Å²) in [5.74, 6) is 0.592. The Hall–Kier alpha value is -0.870. The molecule has 0 unspecified atom stereocenters. The summed E-state index contributed by atoms with van der Waals surface area (Å²) >= 11 is 0. The van der Waals surface area contributed by atoms with Crippen molar-refractivity contribution in [2.45, 2.75) is 13.0 Å². The van der Waals surface area contributed by atoms with E-state index in [1.165, 1.54) is 5.56 Å². The Morgan fingerprint density at radius 3 is 2.25 bits per heavy atom. The lowest BCUT2D eigenvalue weighted by molar-refractivity contribution is 0.229. The predicted molar refractivity (Wildman–Crippen MR) is 65.1 cm³/mol. The number of benzene rings is 1. The molecule has 2 rings (SSSR count). The highest BCUT2D eigenvalue weighted by Gasteiger charge is 2.25. The minimum Gasteiger partial charge on any atom is -0.295 e. The van der Waals surface area contributed by atoms with Crippen LogP contribution in [0.25, 0.3) is 0 Å². The molecule has 0 bridgehead atoms. The monoisotopic (exact) mass is 239 g/mol. The fraction of sp³-hybridized carbons (Fsp3) is 0.500. The lowest BCUT2D eigenvalue weighted by atomic mass is 10.1. The fourth-order valence-electron chi connectivity index (χ4n) is 2.06. The smallest absolute Gasteiger partial charge is 0.152 e. The summed E-state index contributed by atoms with van der Waals surface area (Å²) in [6.07, 6.45) is 0. The topological polar surface area (TPSA) is 37.4 Å². The zero-order valence-electron chi connectivity index (χ0n) is 9.46. The maximum absolute atomic E-state index is 11.3. The third-order valence-electron chi connectivity index (χ3n) is 3.21. The van der Waals surface area contributed by atoms with Crippen LogP contribution in [0.4, 0.5) is 0 Å². The number of hydrogen-bond acceptors (Lipinski definition) is 3. The summed E-state index contributed by atoms with van der Waals surface area (Å²) in [5, 5.41) is 0. The van der Waals surface area contributed by atoms with E-state index >= 15 is 0 Å². The van der Waals surface area contributed by atoms with Crippen LogP contribution in [0.1, 0.15) is 18.5 Å². The molecule has 0 N–H and O–H groups in total. The SMILES string of the molecule is C[C@H](c1ccccc1)N1CCS(=O)(=O)CC1. The van der Waals surface area contributed by atoms with Crippen molar-refractivity contribution >= 4 is 9.84 Å². The molecule has 1 aromatic rings. The van der Waals surface area contributed by atoms with Gasteiger partial charge >= 0.3 is 0 Å². The molecule has 0 aromatic heterocycles. The Kier molecular flexibility index (Phi) is 3.30. The van der Waals surface area contributed by atoms with Crippen LogP contribution in [0.2, 0.25) is 0 Å². The van der Waals surface area contributed by atoms with E-state index in [2.05, 4.69) is 24.0 Å². The Morgan fingerprint density at radius 1 is 1.12 bits per heavy atom. The van der Waals surface area contributed by atoms with Crippen LogP contribution >= 0.6 is 0 Å². The van der Waals surface area contributed by atoms with Crippen molar-refractivity contribution in [2.24, 2.45) is 0 Å². The molecule has 1 heterocycles. The van der Waals surface area contributed by atoms with E-state index in [1.807, 2.05) is 18.2 Å². The highest BCUT2D eigenvalue weighted by molar-refractivity contribution is 7.91. The molecule has 1 atom stereocenters. The van der Waals surface area contributed by atoms with E-state index in [0.29, 0.717) is 30.6 Å². The Morgan fingerprint density at radius 2 is 1.69 bits per heavy atom. The molecular formula is C12H17NO2S.